The number of esters is 1. The van der Waals surface area contributed by atoms with E-state index in [4.69, 9.17) is 14.2 Å². The Morgan fingerprint density at radius 2 is 1.41 bits per heavy atom. The van der Waals surface area contributed by atoms with Crippen LogP contribution in [0.1, 0.15) is 65.2 Å². The van der Waals surface area contributed by atoms with Crippen LogP contribution in [0.25, 0.3) is 0 Å². The highest BCUT2D eigenvalue weighted by Gasteiger charge is 2.35. The third kappa shape index (κ3) is 7.82. The fraction of sp³-hybridized carbons (Fsp3) is 0.952. The Hall–Kier alpha value is -0.110. The van der Waals surface area contributed by atoms with Gasteiger partial charge in [-0.1, -0.05) is 0 Å². The van der Waals surface area contributed by atoms with Crippen molar-refractivity contribution in [3.05, 3.63) is 0 Å². The molecule has 2 heterocycles. The second kappa shape index (κ2) is 14.0. The van der Waals surface area contributed by atoms with Gasteiger partial charge in [0.15, 0.2) is 6.35 Å². The van der Waals surface area contributed by atoms with Crippen molar-refractivity contribution in [2.24, 2.45) is 5.92 Å². The molecule has 0 aromatic rings. The number of piperidine rings is 1. The number of hydrogen-bond donors (Lipinski definition) is 0. The highest BCUT2D eigenvalue weighted by Crippen LogP contribution is 2.30. The van der Waals surface area contributed by atoms with E-state index in [1.165, 1.54) is 12.8 Å². The van der Waals surface area contributed by atoms with E-state index < -0.39 is 0 Å². The Morgan fingerprint density at radius 3 is 1.97 bits per heavy atom. The molecule has 0 spiro atoms. The number of nitrogens with zero attached hydrogens (tertiary/aromatic N) is 2. The number of halogens is 2. The van der Waals surface area contributed by atoms with Crippen molar-refractivity contribution in [3.8, 4) is 0 Å². The molecule has 6 nitrogen and oxygen atoms in total. The second-order valence-corrected chi connectivity index (χ2v) is 8.12. The molecule has 1 saturated carbocycles. The molecule has 3 rings (SSSR count). The molecule has 0 N–H and O–H groups in total. The molecule has 2 aliphatic heterocycles. The first kappa shape index (κ1) is 26.9. The van der Waals surface area contributed by atoms with E-state index in [9.17, 15) is 4.79 Å². The molecular weight excluding hydrogens is 415 g/mol. The van der Waals surface area contributed by atoms with Crippen LogP contribution in [-0.4, -0.2) is 73.7 Å². The van der Waals surface area contributed by atoms with Crippen LogP contribution in [0.4, 0.5) is 0 Å². The third-order valence-electron chi connectivity index (χ3n) is 6.25. The zero-order chi connectivity index (χ0) is 19.1. The Labute approximate surface area is 188 Å². The van der Waals surface area contributed by atoms with E-state index in [0.29, 0.717) is 12.7 Å². The Balaban J connectivity index is 0.00000210. The summed E-state index contributed by atoms with van der Waals surface area (Å²) in [7, 11) is 0. The number of carbonyl (C=O) groups is 1. The number of ether oxygens (including phenoxy) is 3. The van der Waals surface area contributed by atoms with Crippen LogP contribution in [0.15, 0.2) is 0 Å². The van der Waals surface area contributed by atoms with E-state index in [1.807, 2.05) is 6.92 Å². The molecule has 1 atom stereocenters. The average molecular weight is 455 g/mol. The molecule has 0 bridgehead atoms. The first-order chi connectivity index (χ1) is 13.2. The van der Waals surface area contributed by atoms with E-state index in [1.54, 1.807) is 0 Å². The van der Waals surface area contributed by atoms with Crippen molar-refractivity contribution in [1.29, 1.82) is 0 Å². The van der Waals surface area contributed by atoms with Crippen LogP contribution in [0, 0.1) is 5.92 Å². The van der Waals surface area contributed by atoms with Crippen LogP contribution < -0.4 is 0 Å². The Bertz CT molecular complexity index is 450. The van der Waals surface area contributed by atoms with Gasteiger partial charge in [0.1, 0.15) is 0 Å². The highest BCUT2D eigenvalue weighted by molar-refractivity contribution is 5.85. The number of rotatable bonds is 8. The lowest BCUT2D eigenvalue weighted by Gasteiger charge is -2.43. The first-order valence-electron chi connectivity index (χ1n) is 11.1. The Morgan fingerprint density at radius 1 is 0.828 bits per heavy atom. The zero-order valence-electron chi connectivity index (χ0n) is 18.1. The molecule has 1 unspecified atom stereocenters. The first-order valence-corrected chi connectivity index (χ1v) is 11.1. The minimum Gasteiger partial charge on any atom is -0.466 e. The van der Waals surface area contributed by atoms with Crippen LogP contribution in [0.5, 0.6) is 0 Å². The lowest BCUT2D eigenvalue weighted by Crippen LogP contribution is -2.54. The molecular formula is C21H40Cl2N2O4. The van der Waals surface area contributed by atoms with Gasteiger partial charge in [0.25, 0.3) is 0 Å². The fourth-order valence-corrected chi connectivity index (χ4v) is 4.73. The van der Waals surface area contributed by atoms with Crippen molar-refractivity contribution >= 4 is 30.8 Å². The molecule has 172 valence electrons. The smallest absolute Gasteiger partial charge is 0.308 e. The maximum Gasteiger partial charge on any atom is 0.308 e. The van der Waals surface area contributed by atoms with E-state index in [-0.39, 0.29) is 49.2 Å². The maximum atomic E-state index is 12.0. The van der Waals surface area contributed by atoms with Gasteiger partial charge < -0.3 is 14.2 Å². The summed E-state index contributed by atoms with van der Waals surface area (Å²) in [5, 5.41) is 0. The molecule has 8 heteroatoms. The van der Waals surface area contributed by atoms with Gasteiger partial charge in [-0.25, -0.2) is 0 Å². The summed E-state index contributed by atoms with van der Waals surface area (Å²) in [4.78, 5) is 17.0. The van der Waals surface area contributed by atoms with E-state index >= 15 is 0 Å². The van der Waals surface area contributed by atoms with Gasteiger partial charge in [-0.15, -0.1) is 24.8 Å². The van der Waals surface area contributed by atoms with Crippen LogP contribution in [0.3, 0.4) is 0 Å². The van der Waals surface area contributed by atoms with Crippen LogP contribution in [0.2, 0.25) is 0 Å². The van der Waals surface area contributed by atoms with Gasteiger partial charge in [0, 0.05) is 32.8 Å². The van der Waals surface area contributed by atoms with Crippen molar-refractivity contribution in [3.63, 3.8) is 0 Å². The SMILES string of the molecule is CCOC(=O)C1CCC(OC(N2CCCC2)N2CCC(OCC)CC2)CC1.Cl.Cl. The normalized spacial score (nSPS) is 27.7. The van der Waals surface area contributed by atoms with Crippen LogP contribution in [-0.2, 0) is 19.0 Å². The predicted octanol–water partition coefficient (Wildman–Crippen LogP) is 3.85. The summed E-state index contributed by atoms with van der Waals surface area (Å²) in [6.45, 7) is 9.60. The molecule has 0 aromatic heterocycles. The molecule has 1 aliphatic carbocycles. The summed E-state index contributed by atoms with van der Waals surface area (Å²) in [6, 6.07) is 0. The second-order valence-electron chi connectivity index (χ2n) is 8.12. The van der Waals surface area contributed by atoms with Gasteiger partial charge >= 0.3 is 5.97 Å². The summed E-state index contributed by atoms with van der Waals surface area (Å²) in [5.41, 5.74) is 0. The summed E-state index contributed by atoms with van der Waals surface area (Å²) in [6.07, 6.45) is 9.19. The number of likely N-dealkylation sites (tertiary alicyclic amines) is 2. The van der Waals surface area contributed by atoms with Crippen molar-refractivity contribution in [2.75, 3.05) is 39.4 Å². The van der Waals surface area contributed by atoms with Crippen molar-refractivity contribution in [1.82, 2.24) is 9.80 Å². The fourth-order valence-electron chi connectivity index (χ4n) is 4.73. The lowest BCUT2D eigenvalue weighted by atomic mass is 9.87. The predicted molar refractivity (Wildman–Crippen MR) is 119 cm³/mol. The maximum absolute atomic E-state index is 12.0. The van der Waals surface area contributed by atoms with Crippen LogP contribution >= 0.6 is 24.8 Å². The molecule has 3 fully saturated rings. The molecule has 0 amide bonds. The highest BCUT2D eigenvalue weighted by atomic mass is 35.5. The third-order valence-corrected chi connectivity index (χ3v) is 6.25. The minimum atomic E-state index is -0.0231. The zero-order valence-corrected chi connectivity index (χ0v) is 19.7. The standard InChI is InChI=1S/C21H38N2O4.2ClH/c1-3-25-18-11-15-23(16-12-18)21(22-13-5-6-14-22)27-19-9-7-17(8-10-19)20(24)26-4-2;;/h17-19,21H,3-16H2,1-2H3;2*1H. The lowest BCUT2D eigenvalue weighted by molar-refractivity contribution is -0.193. The summed E-state index contributed by atoms with van der Waals surface area (Å²) < 4.78 is 17.7. The quantitative estimate of drug-likeness (QED) is 0.519. The van der Waals surface area contributed by atoms with Gasteiger partial charge in [-0.2, -0.15) is 0 Å². The van der Waals surface area contributed by atoms with Gasteiger partial charge in [0.2, 0.25) is 0 Å². The number of carbonyl (C=O) groups excluding carboxylic acids is 1. The van der Waals surface area contributed by atoms with Gasteiger partial charge in [-0.3, -0.25) is 14.6 Å². The molecule has 0 radical (unpaired) electrons. The Kier molecular flexibility index (Phi) is 13.0. The van der Waals surface area contributed by atoms with Crippen molar-refractivity contribution < 1.29 is 19.0 Å². The van der Waals surface area contributed by atoms with E-state index in [0.717, 1.165) is 71.3 Å². The molecule has 2 saturated heterocycles. The van der Waals surface area contributed by atoms with Gasteiger partial charge in [0.05, 0.1) is 24.7 Å². The van der Waals surface area contributed by atoms with Crippen molar-refractivity contribution in [2.45, 2.75) is 83.8 Å². The average Bonchev–Trinajstić information content (AvgIpc) is 3.22. The minimum absolute atomic E-state index is 0. The molecule has 0 aromatic carbocycles. The van der Waals surface area contributed by atoms with E-state index in [2.05, 4.69) is 16.7 Å². The topological polar surface area (TPSA) is 51.2 Å². The molecule has 3 aliphatic rings. The molecule has 29 heavy (non-hydrogen) atoms. The monoisotopic (exact) mass is 454 g/mol. The summed E-state index contributed by atoms with van der Waals surface area (Å²) >= 11 is 0. The summed E-state index contributed by atoms with van der Waals surface area (Å²) in [5.74, 6) is 0.0435. The largest absolute Gasteiger partial charge is 0.466 e. The number of hydrogen-bond acceptors (Lipinski definition) is 6. The van der Waals surface area contributed by atoms with Gasteiger partial charge in [-0.05, 0) is 65.2 Å².